The van der Waals surface area contributed by atoms with Crippen molar-refractivity contribution in [3.63, 3.8) is 0 Å². The van der Waals surface area contributed by atoms with E-state index in [4.69, 9.17) is 16.3 Å². The molecule has 1 atom stereocenters. The van der Waals surface area contributed by atoms with Crippen LogP contribution in [-0.4, -0.2) is 46.9 Å². The van der Waals surface area contributed by atoms with E-state index < -0.39 is 5.38 Å². The molecule has 0 N–H and O–H groups in total. The summed E-state index contributed by atoms with van der Waals surface area (Å²) in [6.07, 6.45) is 1.66. The van der Waals surface area contributed by atoms with Crippen LogP contribution >= 0.6 is 11.6 Å². The minimum Gasteiger partial charge on any atom is -0.378 e. The van der Waals surface area contributed by atoms with Crippen molar-refractivity contribution < 1.29 is 9.53 Å². The van der Waals surface area contributed by atoms with Crippen LogP contribution in [0, 0.1) is 6.92 Å². The van der Waals surface area contributed by atoms with Crippen LogP contribution in [0.15, 0.2) is 6.20 Å². The molecule has 5 nitrogen and oxygen atoms in total. The number of hydrogen-bond acceptors (Lipinski definition) is 3. The smallest absolute Gasteiger partial charge is 0.245 e. The van der Waals surface area contributed by atoms with E-state index >= 15 is 0 Å². The summed E-state index contributed by atoms with van der Waals surface area (Å²) in [4.78, 5) is 13.9. The molecule has 17 heavy (non-hydrogen) atoms. The molecule has 1 aliphatic rings. The number of carbonyl (C=O) groups is 1. The molecule has 1 aromatic rings. The zero-order chi connectivity index (χ0) is 12.4. The van der Waals surface area contributed by atoms with Gasteiger partial charge in [-0.1, -0.05) is 0 Å². The first kappa shape index (κ1) is 12.4. The first-order valence-electron chi connectivity index (χ1n) is 5.60. The summed E-state index contributed by atoms with van der Waals surface area (Å²) in [6.45, 7) is 4.30. The Morgan fingerprint density at radius 1 is 1.53 bits per heavy atom. The number of aromatic nitrogens is 2. The third-order valence-corrected chi connectivity index (χ3v) is 3.51. The summed E-state index contributed by atoms with van der Waals surface area (Å²) < 4.78 is 6.93. The molecule has 2 heterocycles. The van der Waals surface area contributed by atoms with Gasteiger partial charge in [-0.25, -0.2) is 0 Å². The molecule has 2 rings (SSSR count). The van der Waals surface area contributed by atoms with Gasteiger partial charge in [0.2, 0.25) is 5.91 Å². The highest BCUT2D eigenvalue weighted by Crippen LogP contribution is 2.25. The molecule has 0 saturated carbocycles. The predicted molar refractivity (Wildman–Crippen MR) is 63.9 cm³/mol. The Kier molecular flexibility index (Phi) is 3.69. The minimum absolute atomic E-state index is 0.0638. The third kappa shape index (κ3) is 2.45. The topological polar surface area (TPSA) is 47.4 Å². The fourth-order valence-corrected chi connectivity index (χ4v) is 2.19. The summed E-state index contributed by atoms with van der Waals surface area (Å²) in [5, 5.41) is 3.45. The monoisotopic (exact) mass is 257 g/mol. The van der Waals surface area contributed by atoms with Crippen LogP contribution in [0.4, 0.5) is 0 Å². The molecule has 0 radical (unpaired) electrons. The van der Waals surface area contributed by atoms with Gasteiger partial charge in [0.1, 0.15) is 5.38 Å². The Labute approximate surface area is 105 Å². The number of rotatable bonds is 2. The fraction of sp³-hybridized carbons (Fsp3) is 0.636. The van der Waals surface area contributed by atoms with Gasteiger partial charge < -0.3 is 9.64 Å². The average Bonchev–Trinajstić information content (AvgIpc) is 2.69. The predicted octanol–water partition coefficient (Wildman–Crippen LogP) is 0.867. The molecule has 6 heteroatoms. The zero-order valence-electron chi connectivity index (χ0n) is 10.0. The average molecular weight is 258 g/mol. The van der Waals surface area contributed by atoms with E-state index in [-0.39, 0.29) is 5.91 Å². The van der Waals surface area contributed by atoms with Gasteiger partial charge >= 0.3 is 0 Å². The SMILES string of the molecule is Cc1c(C(Cl)C(=O)N2CCOCC2)cnn1C. The van der Waals surface area contributed by atoms with E-state index in [0.717, 1.165) is 11.3 Å². The molecule has 1 unspecified atom stereocenters. The quantitative estimate of drug-likeness (QED) is 0.739. The lowest BCUT2D eigenvalue weighted by molar-refractivity contribution is -0.134. The molecular formula is C11H16ClN3O2. The van der Waals surface area contributed by atoms with Gasteiger partial charge in [0, 0.05) is 31.4 Å². The number of amides is 1. The second-order valence-corrected chi connectivity index (χ2v) is 4.55. The number of morpholine rings is 1. The Morgan fingerprint density at radius 3 is 2.71 bits per heavy atom. The lowest BCUT2D eigenvalue weighted by atomic mass is 10.1. The normalized spacial score (nSPS) is 18.2. The third-order valence-electron chi connectivity index (χ3n) is 3.09. The maximum absolute atomic E-state index is 12.2. The Hall–Kier alpha value is -1.07. The van der Waals surface area contributed by atoms with Crippen molar-refractivity contribution in [2.75, 3.05) is 26.3 Å². The summed E-state index contributed by atoms with van der Waals surface area (Å²) in [5.41, 5.74) is 1.71. The summed E-state index contributed by atoms with van der Waals surface area (Å²) in [6, 6.07) is 0. The van der Waals surface area contributed by atoms with Crippen LogP contribution in [-0.2, 0) is 16.6 Å². The number of aryl methyl sites for hydroxylation is 1. The second-order valence-electron chi connectivity index (χ2n) is 4.11. The number of ether oxygens (including phenoxy) is 1. The van der Waals surface area contributed by atoms with Crippen molar-refractivity contribution in [1.29, 1.82) is 0 Å². The molecule has 1 aromatic heterocycles. The fourth-order valence-electron chi connectivity index (χ4n) is 1.84. The van der Waals surface area contributed by atoms with Crippen molar-refractivity contribution in [3.8, 4) is 0 Å². The summed E-state index contributed by atoms with van der Waals surface area (Å²) >= 11 is 6.22. The van der Waals surface area contributed by atoms with Gasteiger partial charge in [-0.15, -0.1) is 11.6 Å². The first-order chi connectivity index (χ1) is 8.11. The number of carbonyl (C=O) groups excluding carboxylic acids is 1. The number of nitrogens with zero attached hydrogens (tertiary/aromatic N) is 3. The Bertz CT molecular complexity index is 413. The van der Waals surface area contributed by atoms with Crippen molar-refractivity contribution in [3.05, 3.63) is 17.5 Å². The van der Waals surface area contributed by atoms with Gasteiger partial charge in [0.05, 0.1) is 19.4 Å². The van der Waals surface area contributed by atoms with Crippen molar-refractivity contribution in [1.82, 2.24) is 14.7 Å². The molecule has 0 bridgehead atoms. The molecular weight excluding hydrogens is 242 g/mol. The van der Waals surface area contributed by atoms with Crippen molar-refractivity contribution >= 4 is 17.5 Å². The molecule has 1 fully saturated rings. The first-order valence-corrected chi connectivity index (χ1v) is 6.04. The molecule has 0 aliphatic carbocycles. The maximum atomic E-state index is 12.2. The lowest BCUT2D eigenvalue weighted by Gasteiger charge is -2.28. The van der Waals surface area contributed by atoms with Crippen LogP contribution in [0.25, 0.3) is 0 Å². The summed E-state index contributed by atoms with van der Waals surface area (Å²) in [7, 11) is 1.83. The van der Waals surface area contributed by atoms with Gasteiger partial charge in [-0.2, -0.15) is 5.10 Å². The van der Waals surface area contributed by atoms with E-state index in [1.54, 1.807) is 15.8 Å². The number of hydrogen-bond donors (Lipinski definition) is 0. The van der Waals surface area contributed by atoms with Crippen LogP contribution in [0.3, 0.4) is 0 Å². The van der Waals surface area contributed by atoms with Gasteiger partial charge in [0.25, 0.3) is 0 Å². The molecule has 0 spiro atoms. The van der Waals surface area contributed by atoms with Crippen molar-refractivity contribution in [2.24, 2.45) is 7.05 Å². The molecule has 1 amide bonds. The second kappa shape index (κ2) is 5.06. The number of halogens is 1. The molecule has 1 saturated heterocycles. The maximum Gasteiger partial charge on any atom is 0.245 e. The highest BCUT2D eigenvalue weighted by atomic mass is 35.5. The van der Waals surface area contributed by atoms with Crippen LogP contribution in [0.2, 0.25) is 0 Å². The van der Waals surface area contributed by atoms with E-state index in [2.05, 4.69) is 5.10 Å². The molecule has 0 aromatic carbocycles. The van der Waals surface area contributed by atoms with Gasteiger partial charge in [0.15, 0.2) is 0 Å². The Balaban J connectivity index is 2.11. The zero-order valence-corrected chi connectivity index (χ0v) is 10.8. The van der Waals surface area contributed by atoms with Crippen LogP contribution < -0.4 is 0 Å². The van der Waals surface area contributed by atoms with E-state index in [1.807, 2.05) is 14.0 Å². The highest BCUT2D eigenvalue weighted by Gasteiger charge is 2.27. The lowest BCUT2D eigenvalue weighted by Crippen LogP contribution is -2.42. The van der Waals surface area contributed by atoms with Gasteiger partial charge in [-0.3, -0.25) is 9.48 Å². The van der Waals surface area contributed by atoms with E-state index in [1.165, 1.54) is 0 Å². The van der Waals surface area contributed by atoms with Crippen LogP contribution in [0.5, 0.6) is 0 Å². The molecule has 94 valence electrons. The Morgan fingerprint density at radius 2 is 2.18 bits per heavy atom. The largest absolute Gasteiger partial charge is 0.378 e. The van der Waals surface area contributed by atoms with E-state index in [0.29, 0.717) is 26.3 Å². The van der Waals surface area contributed by atoms with Crippen LogP contribution in [0.1, 0.15) is 16.6 Å². The van der Waals surface area contributed by atoms with Gasteiger partial charge in [-0.05, 0) is 6.92 Å². The minimum atomic E-state index is -0.651. The standard InChI is InChI=1S/C11H16ClN3O2/c1-8-9(7-13-14(8)2)10(12)11(16)15-3-5-17-6-4-15/h7,10H,3-6H2,1-2H3. The van der Waals surface area contributed by atoms with Crippen molar-refractivity contribution in [2.45, 2.75) is 12.3 Å². The molecule has 1 aliphatic heterocycles. The number of alkyl halides is 1. The highest BCUT2D eigenvalue weighted by molar-refractivity contribution is 6.30. The summed E-state index contributed by atoms with van der Waals surface area (Å²) in [5.74, 6) is -0.0638. The van der Waals surface area contributed by atoms with E-state index in [9.17, 15) is 4.79 Å².